The minimum Gasteiger partial charge on any atom is -0.496 e. The fourth-order valence-corrected chi connectivity index (χ4v) is 2.93. The second kappa shape index (κ2) is 8.30. The second-order valence-electron chi connectivity index (χ2n) is 4.35. The first kappa shape index (κ1) is 17.9. The number of allylic oxidation sites excluding steroid dienone is 1. The summed E-state index contributed by atoms with van der Waals surface area (Å²) in [5, 5.41) is 0. The Balaban J connectivity index is 0.00000220. The molecule has 1 unspecified atom stereocenters. The zero-order valence-corrected chi connectivity index (χ0v) is 16.2. The first-order valence-corrected chi connectivity index (χ1v) is 6.96. The number of thioether (sulfide) groups is 1. The van der Waals surface area contributed by atoms with E-state index in [9.17, 15) is 0 Å². The Kier molecular flexibility index (Phi) is 7.06. The van der Waals surface area contributed by atoms with Crippen molar-refractivity contribution in [2.45, 2.75) is 17.9 Å². The summed E-state index contributed by atoms with van der Waals surface area (Å²) in [6, 6.07) is 8.21. The van der Waals surface area contributed by atoms with E-state index in [2.05, 4.69) is 23.8 Å². The van der Waals surface area contributed by atoms with E-state index >= 15 is 0 Å². The number of hydrogen-bond acceptors (Lipinski definition) is 3. The van der Waals surface area contributed by atoms with Crippen LogP contribution in [0.5, 0.6) is 0 Å². The van der Waals surface area contributed by atoms with Crippen LogP contribution in [0.1, 0.15) is 5.56 Å². The van der Waals surface area contributed by atoms with Gasteiger partial charge in [-0.1, -0.05) is 29.5 Å². The maximum Gasteiger partial charge on any atom is 0.329 e. The topological polar surface area (TPSA) is 54.9 Å². The number of aryl methyl sites for hydroxylation is 1. The minimum absolute atomic E-state index is 0. The van der Waals surface area contributed by atoms with E-state index < -0.39 is 0 Å². The standard InChI is InChI=1S/C15H16N2O2S.Zn/c1-10-4-6-12(7-5-10)20-14-9-11(18-2)8-13(17-16)15(14)19-3;/h4-9,15H,1-3H3;. The Labute approximate surface area is 141 Å². The smallest absolute Gasteiger partial charge is 0.329 e. The van der Waals surface area contributed by atoms with E-state index in [1.807, 2.05) is 18.2 Å². The van der Waals surface area contributed by atoms with Gasteiger partial charge in [-0.2, -0.15) is 4.79 Å². The van der Waals surface area contributed by atoms with Crippen LogP contribution < -0.4 is 0 Å². The van der Waals surface area contributed by atoms with Gasteiger partial charge in [0, 0.05) is 36.4 Å². The quantitative estimate of drug-likeness (QED) is 0.474. The molecule has 1 aromatic rings. The van der Waals surface area contributed by atoms with Crippen molar-refractivity contribution in [3.05, 3.63) is 58.2 Å². The summed E-state index contributed by atoms with van der Waals surface area (Å²) in [5.74, 6) is 0.640. The van der Waals surface area contributed by atoms with E-state index in [1.165, 1.54) is 5.56 Å². The maximum absolute atomic E-state index is 9.10. The van der Waals surface area contributed by atoms with Crippen molar-refractivity contribution in [1.82, 2.24) is 0 Å². The van der Waals surface area contributed by atoms with Gasteiger partial charge in [0.2, 0.25) is 0 Å². The van der Waals surface area contributed by atoms with Crippen LogP contribution in [0.4, 0.5) is 0 Å². The fourth-order valence-electron chi connectivity index (χ4n) is 1.89. The number of rotatable bonds is 4. The Bertz CT molecular complexity index is 605. The Hall–Kier alpha value is -1.19. The summed E-state index contributed by atoms with van der Waals surface area (Å²) in [5.41, 5.74) is 10.7. The third-order valence-corrected chi connectivity index (χ3v) is 4.02. The van der Waals surface area contributed by atoms with Crippen molar-refractivity contribution in [2.75, 3.05) is 14.2 Å². The van der Waals surface area contributed by atoms with Crippen LogP contribution in [-0.2, 0) is 29.0 Å². The fraction of sp³-hybridized carbons (Fsp3) is 0.267. The molecule has 0 N–H and O–H groups in total. The first-order chi connectivity index (χ1) is 9.67. The van der Waals surface area contributed by atoms with Crippen molar-refractivity contribution in [1.29, 1.82) is 0 Å². The van der Waals surface area contributed by atoms with Crippen LogP contribution >= 0.6 is 11.8 Å². The maximum atomic E-state index is 9.10. The van der Waals surface area contributed by atoms with Crippen LogP contribution in [0, 0.1) is 6.92 Å². The Morgan fingerprint density at radius 3 is 2.33 bits per heavy atom. The number of ether oxygens (including phenoxy) is 2. The van der Waals surface area contributed by atoms with E-state index in [0.717, 1.165) is 9.80 Å². The van der Waals surface area contributed by atoms with Crippen LogP contribution in [0.2, 0.25) is 0 Å². The molecule has 0 bridgehead atoms. The molecule has 21 heavy (non-hydrogen) atoms. The molecule has 2 rings (SSSR count). The third-order valence-electron chi connectivity index (χ3n) is 2.95. The molecular weight excluding hydrogens is 338 g/mol. The van der Waals surface area contributed by atoms with E-state index in [-0.39, 0.29) is 25.6 Å². The van der Waals surface area contributed by atoms with Crippen LogP contribution in [0.3, 0.4) is 0 Å². The molecule has 0 fully saturated rings. The molecule has 0 aliphatic heterocycles. The number of benzene rings is 1. The van der Waals surface area contributed by atoms with Gasteiger partial charge in [-0.3, -0.25) is 0 Å². The molecular formula is C15H16N2O2SZn. The predicted molar refractivity (Wildman–Crippen MR) is 79.6 cm³/mol. The van der Waals surface area contributed by atoms with E-state index in [1.54, 1.807) is 32.1 Å². The summed E-state index contributed by atoms with van der Waals surface area (Å²) in [6.45, 7) is 2.05. The SMILES string of the molecule is COC1=CC(=[N+]=[N-])C(OC)C(Sc2ccc(C)cc2)=C1.[Zn]. The molecule has 0 radical (unpaired) electrons. The summed E-state index contributed by atoms with van der Waals surface area (Å²) in [6.07, 6.45) is 3.17. The van der Waals surface area contributed by atoms with Crippen molar-refractivity contribution in [3.63, 3.8) is 0 Å². The second-order valence-corrected chi connectivity index (χ2v) is 5.50. The van der Waals surface area contributed by atoms with Gasteiger partial charge >= 0.3 is 5.71 Å². The molecule has 0 heterocycles. The van der Waals surface area contributed by atoms with Gasteiger partial charge in [-0.05, 0) is 25.1 Å². The molecule has 0 saturated carbocycles. The monoisotopic (exact) mass is 352 g/mol. The largest absolute Gasteiger partial charge is 0.496 e. The van der Waals surface area contributed by atoms with E-state index in [0.29, 0.717) is 11.5 Å². The number of methoxy groups -OCH3 is 2. The molecule has 0 aromatic heterocycles. The predicted octanol–water partition coefficient (Wildman–Crippen LogP) is 3.20. The van der Waals surface area contributed by atoms with Crippen LogP contribution in [-0.4, -0.2) is 30.8 Å². The average Bonchev–Trinajstić information content (AvgIpc) is 2.48. The molecule has 6 heteroatoms. The van der Waals surface area contributed by atoms with Gasteiger partial charge in [0.25, 0.3) is 0 Å². The van der Waals surface area contributed by atoms with Crippen molar-refractivity contribution < 1.29 is 33.7 Å². The average molecular weight is 354 g/mol. The Morgan fingerprint density at radius 2 is 1.81 bits per heavy atom. The van der Waals surface area contributed by atoms with E-state index in [4.69, 9.17) is 15.0 Å². The molecule has 4 nitrogen and oxygen atoms in total. The van der Waals surface area contributed by atoms with Gasteiger partial charge in [-0.25, -0.2) is 0 Å². The zero-order valence-electron chi connectivity index (χ0n) is 12.4. The summed E-state index contributed by atoms with van der Waals surface area (Å²) >= 11 is 1.57. The Morgan fingerprint density at radius 1 is 1.14 bits per heavy atom. The first-order valence-electron chi connectivity index (χ1n) is 6.14. The summed E-state index contributed by atoms with van der Waals surface area (Å²) in [7, 11) is 3.17. The van der Waals surface area contributed by atoms with Gasteiger partial charge in [0.05, 0.1) is 13.2 Å². The minimum atomic E-state index is -0.384. The van der Waals surface area contributed by atoms with Gasteiger partial charge in [-0.15, -0.1) is 0 Å². The van der Waals surface area contributed by atoms with Crippen molar-refractivity contribution in [3.8, 4) is 0 Å². The van der Waals surface area contributed by atoms with Gasteiger partial charge in [0.1, 0.15) is 5.76 Å². The van der Waals surface area contributed by atoms with Gasteiger partial charge in [0.15, 0.2) is 6.10 Å². The molecule has 0 amide bonds. The molecule has 1 aliphatic carbocycles. The number of nitrogens with zero attached hydrogens (tertiary/aromatic N) is 2. The molecule has 0 saturated heterocycles. The molecule has 1 aromatic carbocycles. The molecule has 1 aliphatic rings. The number of hydrogen-bond donors (Lipinski definition) is 0. The molecule has 0 spiro atoms. The zero-order chi connectivity index (χ0) is 14.5. The van der Waals surface area contributed by atoms with Crippen LogP contribution in [0.25, 0.3) is 5.53 Å². The summed E-state index contributed by atoms with van der Waals surface area (Å²) < 4.78 is 10.6. The molecule has 1 atom stereocenters. The summed E-state index contributed by atoms with van der Waals surface area (Å²) in [4.78, 5) is 5.30. The third kappa shape index (κ3) is 4.39. The van der Waals surface area contributed by atoms with Gasteiger partial charge < -0.3 is 15.0 Å². The van der Waals surface area contributed by atoms with Crippen molar-refractivity contribution in [2.24, 2.45) is 0 Å². The van der Waals surface area contributed by atoms with Crippen molar-refractivity contribution >= 4 is 17.5 Å². The van der Waals surface area contributed by atoms with Crippen LogP contribution in [0.15, 0.2) is 52.0 Å². The normalized spacial score (nSPS) is 17.3. The molecule has 106 valence electrons.